The fourth-order valence-electron chi connectivity index (χ4n) is 1.52. The number of rotatable bonds is 5. The molecule has 0 bridgehead atoms. The molecule has 1 heterocycles. The fourth-order valence-corrected chi connectivity index (χ4v) is 2.85. The summed E-state index contributed by atoms with van der Waals surface area (Å²) in [5.41, 5.74) is 0. The first-order chi connectivity index (χ1) is 7.38. The van der Waals surface area contributed by atoms with E-state index >= 15 is 0 Å². The highest BCUT2D eigenvalue weighted by atomic mass is 32.2. The Morgan fingerprint density at radius 3 is 2.56 bits per heavy atom. The van der Waals surface area contributed by atoms with Gasteiger partial charge in [-0.2, -0.15) is 0 Å². The zero-order chi connectivity index (χ0) is 12.3. The predicted octanol–water partition coefficient (Wildman–Crippen LogP) is 1.29. The van der Waals surface area contributed by atoms with Gasteiger partial charge in [-0.15, -0.1) is 0 Å². The maximum absolute atomic E-state index is 11.9. The summed E-state index contributed by atoms with van der Waals surface area (Å²) >= 11 is 0. The van der Waals surface area contributed by atoms with Gasteiger partial charge in [-0.05, 0) is 27.7 Å². The largest absolute Gasteiger partial charge is 0.334 e. The molecule has 1 N–H and O–H groups in total. The smallest absolute Gasteiger partial charge is 0.221 e. The summed E-state index contributed by atoms with van der Waals surface area (Å²) in [6.45, 7) is 7.93. The molecule has 5 nitrogen and oxygen atoms in total. The Hall–Kier alpha value is -0.880. The zero-order valence-electron chi connectivity index (χ0n) is 10.1. The molecule has 16 heavy (non-hydrogen) atoms. The van der Waals surface area contributed by atoms with E-state index in [1.807, 2.05) is 11.5 Å². The molecule has 0 aliphatic rings. The lowest BCUT2D eigenvalue weighted by atomic mass is 10.4. The minimum atomic E-state index is -3.35. The molecule has 0 aromatic carbocycles. The monoisotopic (exact) mass is 245 g/mol. The van der Waals surface area contributed by atoms with Crippen LogP contribution in [0, 0.1) is 0 Å². The highest BCUT2D eigenvalue weighted by Crippen LogP contribution is 2.19. The van der Waals surface area contributed by atoms with Gasteiger partial charge >= 0.3 is 0 Å². The second kappa shape index (κ2) is 4.97. The molecule has 0 aliphatic carbocycles. The molecule has 1 unspecified atom stereocenters. The average molecular weight is 245 g/mol. The number of hydrogen-bond acceptors (Lipinski definition) is 3. The van der Waals surface area contributed by atoms with Crippen molar-refractivity contribution in [2.75, 3.05) is 0 Å². The minimum absolute atomic E-state index is 0.0995. The van der Waals surface area contributed by atoms with E-state index in [1.165, 1.54) is 0 Å². The summed E-state index contributed by atoms with van der Waals surface area (Å²) in [7, 11) is -3.35. The number of imidazole rings is 1. The fraction of sp³-hybridized carbons (Fsp3) is 0.700. The van der Waals surface area contributed by atoms with Gasteiger partial charge in [-0.1, -0.05) is 0 Å². The summed E-state index contributed by atoms with van der Waals surface area (Å²) in [5.74, 6) is 0.579. The number of nitrogens with zero attached hydrogens (tertiary/aromatic N) is 2. The van der Waals surface area contributed by atoms with Crippen LogP contribution in [0.5, 0.6) is 0 Å². The van der Waals surface area contributed by atoms with Crippen LogP contribution in [0.15, 0.2) is 12.4 Å². The maximum Gasteiger partial charge on any atom is 0.221 e. The van der Waals surface area contributed by atoms with Crippen molar-refractivity contribution in [1.82, 2.24) is 14.3 Å². The van der Waals surface area contributed by atoms with Crippen LogP contribution in [0.3, 0.4) is 0 Å². The van der Waals surface area contributed by atoms with Gasteiger partial charge in [0.2, 0.25) is 10.0 Å². The van der Waals surface area contributed by atoms with E-state index in [1.54, 1.807) is 33.2 Å². The minimum Gasteiger partial charge on any atom is -0.334 e. The Morgan fingerprint density at radius 2 is 2.06 bits per heavy atom. The first-order valence-electron chi connectivity index (χ1n) is 5.40. The van der Waals surface area contributed by atoms with Crippen molar-refractivity contribution in [3.8, 4) is 0 Å². The second-order valence-electron chi connectivity index (χ2n) is 4.03. The average Bonchev–Trinajstić information content (AvgIpc) is 2.61. The summed E-state index contributed by atoms with van der Waals surface area (Å²) in [6, 6.07) is -0.0995. The van der Waals surface area contributed by atoms with E-state index in [0.29, 0.717) is 5.82 Å². The number of aromatic nitrogens is 2. The summed E-state index contributed by atoms with van der Waals surface area (Å²) < 4.78 is 28.3. The van der Waals surface area contributed by atoms with Crippen molar-refractivity contribution < 1.29 is 8.42 Å². The molecule has 0 saturated carbocycles. The summed E-state index contributed by atoms with van der Waals surface area (Å²) in [5, 5.41) is -0.634. The summed E-state index contributed by atoms with van der Waals surface area (Å²) in [6.07, 6.45) is 3.41. The Labute approximate surface area is 96.9 Å². The van der Waals surface area contributed by atoms with Gasteiger partial charge in [0.15, 0.2) is 0 Å². The molecule has 6 heteroatoms. The Balaban J connectivity index is 2.98. The van der Waals surface area contributed by atoms with Gasteiger partial charge < -0.3 is 4.57 Å². The number of hydrogen-bond donors (Lipinski definition) is 1. The Morgan fingerprint density at radius 1 is 1.44 bits per heavy atom. The van der Waals surface area contributed by atoms with Crippen molar-refractivity contribution in [1.29, 1.82) is 0 Å². The molecule has 0 amide bonds. The SMILES string of the molecule is CCn1ccnc1C(C)S(=O)(=O)NC(C)C. The van der Waals surface area contributed by atoms with Crippen molar-refractivity contribution in [2.24, 2.45) is 0 Å². The molecule has 0 spiro atoms. The van der Waals surface area contributed by atoms with E-state index < -0.39 is 15.3 Å². The van der Waals surface area contributed by atoms with Crippen LogP contribution in [0.4, 0.5) is 0 Å². The van der Waals surface area contributed by atoms with Gasteiger partial charge in [0, 0.05) is 25.0 Å². The van der Waals surface area contributed by atoms with E-state index in [2.05, 4.69) is 9.71 Å². The molecule has 92 valence electrons. The first-order valence-corrected chi connectivity index (χ1v) is 6.95. The van der Waals surface area contributed by atoms with Gasteiger partial charge in [-0.3, -0.25) is 0 Å². The van der Waals surface area contributed by atoms with Crippen LogP contribution in [0.1, 0.15) is 38.8 Å². The highest BCUT2D eigenvalue weighted by molar-refractivity contribution is 7.89. The number of sulfonamides is 1. The molecule has 0 saturated heterocycles. The van der Waals surface area contributed by atoms with Crippen molar-refractivity contribution in [3.63, 3.8) is 0 Å². The molecular weight excluding hydrogens is 226 g/mol. The van der Waals surface area contributed by atoms with Gasteiger partial charge in [-0.25, -0.2) is 18.1 Å². The number of nitrogens with one attached hydrogen (secondary N) is 1. The highest BCUT2D eigenvalue weighted by Gasteiger charge is 2.26. The molecule has 0 radical (unpaired) electrons. The van der Waals surface area contributed by atoms with Crippen LogP contribution < -0.4 is 4.72 Å². The number of aryl methyl sites for hydroxylation is 1. The normalized spacial score (nSPS) is 14.3. The third kappa shape index (κ3) is 2.82. The topological polar surface area (TPSA) is 64.0 Å². The van der Waals surface area contributed by atoms with Crippen LogP contribution in [0.25, 0.3) is 0 Å². The molecule has 0 fully saturated rings. The third-order valence-electron chi connectivity index (χ3n) is 2.32. The van der Waals surface area contributed by atoms with Crippen molar-refractivity contribution in [2.45, 2.75) is 45.5 Å². The summed E-state index contributed by atoms with van der Waals surface area (Å²) in [4.78, 5) is 4.10. The predicted molar refractivity (Wildman–Crippen MR) is 63.5 cm³/mol. The Bertz CT molecular complexity index is 437. The standard InChI is InChI=1S/C10H19N3O2S/c1-5-13-7-6-11-10(13)9(4)16(14,15)12-8(2)3/h6-9,12H,5H2,1-4H3. The van der Waals surface area contributed by atoms with Crippen LogP contribution in [-0.4, -0.2) is 24.0 Å². The quantitative estimate of drug-likeness (QED) is 0.850. The molecule has 1 aromatic rings. The van der Waals surface area contributed by atoms with E-state index in [0.717, 1.165) is 6.54 Å². The molecule has 0 aliphatic heterocycles. The van der Waals surface area contributed by atoms with Gasteiger partial charge in [0.1, 0.15) is 11.1 Å². The lowest BCUT2D eigenvalue weighted by Crippen LogP contribution is -2.34. The zero-order valence-corrected chi connectivity index (χ0v) is 11.0. The third-order valence-corrected chi connectivity index (χ3v) is 4.26. The second-order valence-corrected chi connectivity index (χ2v) is 6.06. The molecular formula is C10H19N3O2S. The first kappa shape index (κ1) is 13.2. The van der Waals surface area contributed by atoms with E-state index in [-0.39, 0.29) is 6.04 Å². The van der Waals surface area contributed by atoms with Crippen LogP contribution >= 0.6 is 0 Å². The lowest BCUT2D eigenvalue weighted by Gasteiger charge is -2.16. The van der Waals surface area contributed by atoms with Crippen molar-refractivity contribution >= 4 is 10.0 Å². The van der Waals surface area contributed by atoms with Gasteiger partial charge in [0.25, 0.3) is 0 Å². The van der Waals surface area contributed by atoms with Gasteiger partial charge in [0.05, 0.1) is 0 Å². The lowest BCUT2D eigenvalue weighted by molar-refractivity contribution is 0.551. The molecule has 1 aromatic heterocycles. The molecule has 1 atom stereocenters. The van der Waals surface area contributed by atoms with Crippen LogP contribution in [0.2, 0.25) is 0 Å². The Kier molecular flexibility index (Phi) is 4.09. The molecule has 1 rings (SSSR count). The maximum atomic E-state index is 11.9. The van der Waals surface area contributed by atoms with Crippen LogP contribution in [-0.2, 0) is 16.6 Å². The van der Waals surface area contributed by atoms with E-state index in [4.69, 9.17) is 0 Å². The van der Waals surface area contributed by atoms with E-state index in [9.17, 15) is 8.42 Å². The van der Waals surface area contributed by atoms with Crippen molar-refractivity contribution in [3.05, 3.63) is 18.2 Å².